The van der Waals surface area contributed by atoms with Crippen LogP contribution in [0.1, 0.15) is 38.3 Å². The highest BCUT2D eigenvalue weighted by Gasteiger charge is 2.21. The number of aliphatic hydroxyl groups is 1. The topological polar surface area (TPSA) is 61.6 Å². The van der Waals surface area contributed by atoms with Gasteiger partial charge in [-0.1, -0.05) is 12.1 Å². The fourth-order valence-corrected chi connectivity index (χ4v) is 2.55. The summed E-state index contributed by atoms with van der Waals surface area (Å²) in [5.74, 6) is 0.794. The number of rotatable bonds is 5. The lowest BCUT2D eigenvalue weighted by Crippen LogP contribution is -2.42. The van der Waals surface area contributed by atoms with Crippen LogP contribution in [0.25, 0.3) is 0 Å². The number of nitrogens with one attached hydrogen (secondary N) is 1. The molecule has 1 aliphatic heterocycles. The van der Waals surface area contributed by atoms with E-state index in [0.29, 0.717) is 19.6 Å². The Morgan fingerprint density at radius 2 is 2.13 bits per heavy atom. The van der Waals surface area contributed by atoms with Gasteiger partial charge in [0.15, 0.2) is 6.54 Å². The Labute approximate surface area is 144 Å². The van der Waals surface area contributed by atoms with Crippen LogP contribution < -0.4 is 10.1 Å². The second-order valence-electron chi connectivity index (χ2n) is 6.96. The maximum atomic E-state index is 11.6. The van der Waals surface area contributed by atoms with Gasteiger partial charge in [0.25, 0.3) is 0 Å². The lowest BCUT2D eigenvalue weighted by molar-refractivity contribution is -0.563. The third-order valence-electron chi connectivity index (χ3n) is 3.71. The highest BCUT2D eigenvalue weighted by atomic mass is 35.5. The molecule has 1 aromatic carbocycles. The Morgan fingerprint density at radius 1 is 1.39 bits per heavy atom. The first kappa shape index (κ1) is 19.9. The third-order valence-corrected chi connectivity index (χ3v) is 3.71. The number of nitrogens with zero attached hydrogens (tertiary/aromatic N) is 1. The van der Waals surface area contributed by atoms with E-state index in [1.165, 1.54) is 0 Å². The molecule has 23 heavy (non-hydrogen) atoms. The van der Waals surface area contributed by atoms with Crippen LogP contribution in [0.2, 0.25) is 0 Å². The zero-order valence-corrected chi connectivity index (χ0v) is 15.0. The first-order valence-electron chi connectivity index (χ1n) is 7.94. The van der Waals surface area contributed by atoms with Crippen molar-refractivity contribution in [3.05, 3.63) is 34.2 Å². The van der Waals surface area contributed by atoms with Crippen molar-refractivity contribution in [2.24, 2.45) is 0 Å². The zero-order chi connectivity index (χ0) is 16.2. The van der Waals surface area contributed by atoms with E-state index in [-0.39, 0.29) is 24.6 Å². The molecule has 2 rings (SSSR count). The molecule has 1 heterocycles. The van der Waals surface area contributed by atoms with Gasteiger partial charge < -0.3 is 15.2 Å². The smallest absolute Gasteiger partial charge is 0.217 e. The predicted octanol–water partition coefficient (Wildman–Crippen LogP) is 2.46. The van der Waals surface area contributed by atoms with Crippen molar-refractivity contribution in [1.29, 1.82) is 0 Å². The molecule has 0 radical (unpaired) electrons. The summed E-state index contributed by atoms with van der Waals surface area (Å²) < 4.78 is 6.91. The summed E-state index contributed by atoms with van der Waals surface area (Å²) in [5.41, 5.74) is 2.12. The van der Waals surface area contributed by atoms with Gasteiger partial charge in [-0.15, -0.1) is 12.4 Å². The summed E-state index contributed by atoms with van der Waals surface area (Å²) in [4.78, 5) is 11.6. The monoisotopic (exact) mass is 343 g/mol. The minimum Gasteiger partial charge on any atom is -0.491 e. The van der Waals surface area contributed by atoms with Crippen LogP contribution in [0.15, 0.2) is 18.2 Å². The van der Waals surface area contributed by atoms with Gasteiger partial charge in [0.05, 0.1) is 0 Å². The van der Waals surface area contributed by atoms with Crippen molar-refractivity contribution in [2.45, 2.75) is 51.8 Å². The third kappa shape index (κ3) is 6.45. The van der Waals surface area contributed by atoms with Crippen molar-refractivity contribution in [3.63, 3.8) is 0 Å². The van der Waals surface area contributed by atoms with E-state index in [1.807, 2.05) is 18.2 Å². The Morgan fingerprint density at radius 3 is 2.83 bits per heavy atom. The maximum Gasteiger partial charge on any atom is 0.217 e. The van der Waals surface area contributed by atoms with E-state index in [4.69, 9.17) is 4.74 Å². The molecule has 1 aliphatic rings. The molecular weight excluding hydrogens is 316 g/mol. The normalized spacial score (nSPS) is 16.1. The Balaban J connectivity index is 0.00000264. The molecule has 0 saturated carbocycles. The molecule has 0 aromatic heterocycles. The molecular formula is C17H28ClN2O3+. The van der Waals surface area contributed by atoms with Gasteiger partial charge in [-0.25, -0.2) is 0 Å². The van der Waals surface area contributed by atoms with E-state index in [1.54, 1.807) is 0 Å². The molecule has 1 aromatic rings. The molecule has 0 amide bonds. The van der Waals surface area contributed by atoms with Crippen molar-refractivity contribution in [2.75, 3.05) is 19.7 Å². The number of nitroso groups, excluding NO2 is 1. The highest BCUT2D eigenvalue weighted by Crippen LogP contribution is 2.26. The molecule has 130 valence electrons. The molecule has 5 nitrogen and oxygen atoms in total. The summed E-state index contributed by atoms with van der Waals surface area (Å²) in [6.07, 6.45) is 1.13. The van der Waals surface area contributed by atoms with E-state index in [0.717, 1.165) is 34.5 Å². The Hall–Kier alpha value is -1.17. The first-order chi connectivity index (χ1) is 10.3. The average Bonchev–Trinajstić information content (AvgIpc) is 2.63. The highest BCUT2D eigenvalue weighted by molar-refractivity contribution is 5.85. The number of aliphatic hydroxyl groups excluding tert-OH is 1. The van der Waals surface area contributed by atoms with E-state index in [9.17, 15) is 10.0 Å². The van der Waals surface area contributed by atoms with E-state index < -0.39 is 6.10 Å². The molecule has 1 atom stereocenters. The second-order valence-corrected chi connectivity index (χ2v) is 6.96. The molecule has 6 heteroatoms. The van der Waals surface area contributed by atoms with Crippen molar-refractivity contribution in [1.82, 2.24) is 5.32 Å². The van der Waals surface area contributed by atoms with Crippen LogP contribution in [0, 0.1) is 4.91 Å². The quantitative estimate of drug-likeness (QED) is 0.806. The summed E-state index contributed by atoms with van der Waals surface area (Å²) >= 11 is 0. The number of fused-ring (bicyclic) bond motifs is 1. The Kier molecular flexibility index (Phi) is 7.45. The fraction of sp³-hybridized carbons (Fsp3) is 0.647. The van der Waals surface area contributed by atoms with Crippen molar-refractivity contribution < 1.29 is 14.6 Å². The summed E-state index contributed by atoms with van der Waals surface area (Å²) in [6.45, 7) is 7.91. The van der Waals surface area contributed by atoms with Crippen LogP contribution in [-0.2, 0) is 13.0 Å². The van der Waals surface area contributed by atoms with Gasteiger partial charge in [0.1, 0.15) is 18.5 Å². The molecule has 0 fully saturated rings. The number of benzene rings is 1. The van der Waals surface area contributed by atoms with Gasteiger partial charge in [0, 0.05) is 39.3 Å². The molecule has 0 spiro atoms. The molecule has 0 saturated heterocycles. The summed E-state index contributed by atoms with van der Waals surface area (Å²) in [6, 6.07) is 5.81. The lowest BCUT2D eigenvalue weighted by atomic mass is 10.0. The number of β-amino-alcohol motifs (C(OH)–C–C–N with tert-alkyl or cyclic N) is 1. The largest absolute Gasteiger partial charge is 0.491 e. The van der Waals surface area contributed by atoms with Gasteiger partial charge in [-0.2, -0.15) is 0 Å². The van der Waals surface area contributed by atoms with E-state index >= 15 is 0 Å². The second kappa shape index (κ2) is 8.62. The molecule has 0 bridgehead atoms. The molecule has 0 aliphatic carbocycles. The minimum absolute atomic E-state index is 0. The molecule has 2 N–H and O–H groups in total. The average molecular weight is 344 g/mol. The van der Waals surface area contributed by atoms with Crippen LogP contribution in [0.4, 0.5) is 0 Å². The minimum atomic E-state index is -0.558. The first-order valence-corrected chi connectivity index (χ1v) is 7.94. The lowest BCUT2D eigenvalue weighted by Gasteiger charge is -2.23. The SMILES string of the molecule is CC(C)(C)NCC(O)COc1cccc2c1CCC[N+](=O)C2.Cl. The van der Waals surface area contributed by atoms with Crippen molar-refractivity contribution in [3.8, 4) is 5.75 Å². The summed E-state index contributed by atoms with van der Waals surface area (Å²) in [5, 5.41) is 13.3. The number of hydrogen-bond donors (Lipinski definition) is 2. The van der Waals surface area contributed by atoms with Gasteiger partial charge in [-0.05, 0) is 33.3 Å². The number of halogens is 1. The van der Waals surface area contributed by atoms with Crippen LogP contribution in [-0.4, -0.2) is 41.2 Å². The number of hydrogen-bond acceptors (Lipinski definition) is 4. The standard InChI is InChI=1S/C17H27N2O3.ClH/c1-17(2,3)18-10-14(20)12-22-16-8-4-6-13-11-19(21)9-5-7-15(13)16;/h4,6,8,14,18,20H,5,7,9-12H2,1-3H3;1H/q+1;. The van der Waals surface area contributed by atoms with Crippen LogP contribution in [0.3, 0.4) is 0 Å². The fourth-order valence-electron chi connectivity index (χ4n) is 2.55. The summed E-state index contributed by atoms with van der Waals surface area (Å²) in [7, 11) is 0. The number of ether oxygens (including phenoxy) is 1. The van der Waals surface area contributed by atoms with Gasteiger partial charge in [-0.3, -0.25) is 0 Å². The van der Waals surface area contributed by atoms with Gasteiger partial charge in [0.2, 0.25) is 6.54 Å². The van der Waals surface area contributed by atoms with Gasteiger partial charge >= 0.3 is 0 Å². The van der Waals surface area contributed by atoms with E-state index in [2.05, 4.69) is 26.1 Å². The van der Waals surface area contributed by atoms with Crippen molar-refractivity contribution >= 4 is 12.4 Å². The maximum absolute atomic E-state index is 11.6. The van der Waals surface area contributed by atoms with Crippen LogP contribution in [0.5, 0.6) is 5.75 Å². The molecule has 1 unspecified atom stereocenters. The van der Waals surface area contributed by atoms with Crippen LogP contribution >= 0.6 is 12.4 Å². The zero-order valence-electron chi connectivity index (χ0n) is 14.2. The predicted molar refractivity (Wildman–Crippen MR) is 93.5 cm³/mol. The Bertz CT molecular complexity index is 529.